The molecule has 27 heavy (non-hydrogen) atoms. The zero-order valence-electron chi connectivity index (χ0n) is 15.1. The van der Waals surface area contributed by atoms with E-state index >= 15 is 0 Å². The van der Waals surface area contributed by atoms with Gasteiger partial charge in [-0.25, -0.2) is 4.98 Å². The number of aromatic nitrogens is 1. The van der Waals surface area contributed by atoms with Gasteiger partial charge in [0.25, 0.3) is 0 Å². The molecule has 0 fully saturated rings. The Kier molecular flexibility index (Phi) is 6.88. The van der Waals surface area contributed by atoms with Crippen molar-refractivity contribution in [3.8, 4) is 11.5 Å². The number of methoxy groups -OCH3 is 1. The molecule has 0 radical (unpaired) electrons. The summed E-state index contributed by atoms with van der Waals surface area (Å²) >= 11 is 1.18. The smallest absolute Gasteiger partial charge is 0.195 e. The molecule has 138 valence electrons. The van der Waals surface area contributed by atoms with Crippen molar-refractivity contribution < 1.29 is 14.3 Å². The van der Waals surface area contributed by atoms with E-state index in [-0.39, 0.29) is 5.12 Å². The predicted octanol–water partition coefficient (Wildman–Crippen LogP) is 4.92. The largest absolute Gasteiger partial charge is 0.493 e. The number of hydrogen-bond acceptors (Lipinski definition) is 5. The summed E-state index contributed by atoms with van der Waals surface area (Å²) in [6, 6.07) is 21.3. The Morgan fingerprint density at radius 3 is 2.52 bits per heavy atom. The fourth-order valence-corrected chi connectivity index (χ4v) is 3.24. The lowest BCUT2D eigenvalue weighted by molar-refractivity contribution is -0.110. The first-order chi connectivity index (χ1) is 13.2. The Morgan fingerprint density at radius 1 is 0.963 bits per heavy atom. The van der Waals surface area contributed by atoms with Gasteiger partial charge in [-0.15, -0.1) is 0 Å². The molecule has 0 aliphatic carbocycles. The highest BCUT2D eigenvalue weighted by Crippen LogP contribution is 2.29. The molecule has 5 heteroatoms. The van der Waals surface area contributed by atoms with Gasteiger partial charge in [0.1, 0.15) is 11.6 Å². The van der Waals surface area contributed by atoms with E-state index in [1.165, 1.54) is 11.8 Å². The third-order valence-electron chi connectivity index (χ3n) is 3.94. The van der Waals surface area contributed by atoms with Gasteiger partial charge in [0.2, 0.25) is 0 Å². The quantitative estimate of drug-likeness (QED) is 0.520. The van der Waals surface area contributed by atoms with Gasteiger partial charge in [0.15, 0.2) is 16.6 Å². The molecule has 0 aliphatic heterocycles. The molecule has 0 saturated carbocycles. The number of carbonyl (C=O) groups excluding carboxylic acids is 1. The van der Waals surface area contributed by atoms with E-state index in [0.717, 1.165) is 16.2 Å². The minimum atomic E-state index is 0.0945. The number of carbonyl (C=O) groups is 1. The van der Waals surface area contributed by atoms with Crippen molar-refractivity contribution in [1.29, 1.82) is 0 Å². The molecule has 0 spiro atoms. The molecule has 0 amide bonds. The van der Waals surface area contributed by atoms with Gasteiger partial charge < -0.3 is 9.47 Å². The van der Waals surface area contributed by atoms with E-state index in [2.05, 4.69) is 4.98 Å². The Morgan fingerprint density at radius 2 is 1.78 bits per heavy atom. The molecule has 0 atom stereocenters. The van der Waals surface area contributed by atoms with Crippen LogP contribution in [0.15, 0.2) is 78.0 Å². The van der Waals surface area contributed by atoms with E-state index in [1.54, 1.807) is 13.3 Å². The van der Waals surface area contributed by atoms with Crippen LogP contribution in [-0.2, 0) is 17.8 Å². The van der Waals surface area contributed by atoms with E-state index < -0.39 is 0 Å². The van der Waals surface area contributed by atoms with Crippen molar-refractivity contribution in [2.24, 2.45) is 0 Å². The first-order valence-corrected chi connectivity index (χ1v) is 9.51. The lowest BCUT2D eigenvalue weighted by Crippen LogP contribution is -2.00. The maximum absolute atomic E-state index is 12.1. The number of benzene rings is 2. The van der Waals surface area contributed by atoms with Crippen LogP contribution in [0.25, 0.3) is 0 Å². The van der Waals surface area contributed by atoms with Gasteiger partial charge >= 0.3 is 0 Å². The van der Waals surface area contributed by atoms with Gasteiger partial charge in [-0.05, 0) is 53.6 Å². The minimum Gasteiger partial charge on any atom is -0.493 e. The summed E-state index contributed by atoms with van der Waals surface area (Å²) in [5.41, 5.74) is 2.13. The Hall–Kier alpha value is -2.79. The molecular weight excluding hydrogens is 358 g/mol. The van der Waals surface area contributed by atoms with Crippen molar-refractivity contribution in [3.63, 3.8) is 0 Å². The molecule has 2 aromatic carbocycles. The van der Waals surface area contributed by atoms with Crippen LogP contribution in [0, 0.1) is 0 Å². The highest BCUT2D eigenvalue weighted by molar-refractivity contribution is 8.13. The summed E-state index contributed by atoms with van der Waals surface area (Å²) in [4.78, 5) is 16.3. The number of rotatable bonds is 8. The lowest BCUT2D eigenvalue weighted by Gasteiger charge is -2.12. The Balaban J connectivity index is 1.56. The standard InChI is InChI=1S/C22H21NO3S/c1-25-20-15-17(11-13-22(24)27-21-9-5-6-14-23-21)10-12-19(20)26-16-18-7-3-2-4-8-18/h2-10,12,14-15H,11,13,16H2,1H3. The second kappa shape index (κ2) is 9.78. The second-order valence-corrected chi connectivity index (χ2v) is 6.98. The average Bonchev–Trinajstić information content (AvgIpc) is 2.72. The van der Waals surface area contributed by atoms with Crippen LogP contribution in [0.5, 0.6) is 11.5 Å². The molecule has 3 rings (SSSR count). The van der Waals surface area contributed by atoms with Crippen LogP contribution < -0.4 is 9.47 Å². The fraction of sp³-hybridized carbons (Fsp3) is 0.182. The highest BCUT2D eigenvalue weighted by atomic mass is 32.2. The highest BCUT2D eigenvalue weighted by Gasteiger charge is 2.10. The van der Waals surface area contributed by atoms with Gasteiger partial charge in [0, 0.05) is 12.6 Å². The molecule has 1 aromatic heterocycles. The maximum atomic E-state index is 12.1. The van der Waals surface area contributed by atoms with Crippen LogP contribution in [0.3, 0.4) is 0 Å². The van der Waals surface area contributed by atoms with Crippen molar-refractivity contribution in [3.05, 3.63) is 84.1 Å². The number of nitrogens with zero attached hydrogens (tertiary/aromatic N) is 1. The number of thioether (sulfide) groups is 1. The van der Waals surface area contributed by atoms with Crippen molar-refractivity contribution in [1.82, 2.24) is 4.98 Å². The van der Waals surface area contributed by atoms with Crippen molar-refractivity contribution in [2.75, 3.05) is 7.11 Å². The minimum absolute atomic E-state index is 0.0945. The van der Waals surface area contributed by atoms with E-state index in [9.17, 15) is 4.79 Å². The van der Waals surface area contributed by atoms with Crippen LogP contribution in [0.4, 0.5) is 0 Å². The number of pyridine rings is 1. The second-order valence-electron chi connectivity index (χ2n) is 5.90. The van der Waals surface area contributed by atoms with Crippen LogP contribution >= 0.6 is 11.8 Å². The molecule has 0 bridgehead atoms. The Labute approximate surface area is 163 Å². The van der Waals surface area contributed by atoms with Gasteiger partial charge in [0.05, 0.1) is 7.11 Å². The molecule has 3 aromatic rings. The molecule has 1 heterocycles. The number of ether oxygens (including phenoxy) is 2. The van der Waals surface area contributed by atoms with Gasteiger partial charge in [-0.3, -0.25) is 4.79 Å². The van der Waals surface area contributed by atoms with Crippen molar-refractivity contribution >= 4 is 16.9 Å². The third kappa shape index (κ3) is 5.86. The summed E-state index contributed by atoms with van der Waals surface area (Å²) in [5, 5.41) is 0.821. The summed E-state index contributed by atoms with van der Waals surface area (Å²) in [6.07, 6.45) is 2.78. The third-order valence-corrected chi connectivity index (χ3v) is 4.82. The molecule has 0 aliphatic rings. The first-order valence-electron chi connectivity index (χ1n) is 8.70. The summed E-state index contributed by atoms with van der Waals surface area (Å²) in [6.45, 7) is 0.482. The van der Waals surface area contributed by atoms with Crippen LogP contribution in [-0.4, -0.2) is 17.2 Å². The molecule has 4 nitrogen and oxygen atoms in total. The fourth-order valence-electron chi connectivity index (χ4n) is 2.54. The average molecular weight is 379 g/mol. The van der Waals surface area contributed by atoms with Gasteiger partial charge in [-0.2, -0.15) is 0 Å². The topological polar surface area (TPSA) is 48.4 Å². The van der Waals surface area contributed by atoms with Crippen LogP contribution in [0.1, 0.15) is 17.5 Å². The zero-order chi connectivity index (χ0) is 18.9. The van der Waals surface area contributed by atoms with E-state index in [4.69, 9.17) is 9.47 Å². The summed E-state index contributed by atoms with van der Waals surface area (Å²) < 4.78 is 11.3. The lowest BCUT2D eigenvalue weighted by atomic mass is 10.1. The van der Waals surface area contributed by atoms with E-state index in [0.29, 0.717) is 30.9 Å². The van der Waals surface area contributed by atoms with Gasteiger partial charge in [-0.1, -0.05) is 42.5 Å². The number of hydrogen-bond donors (Lipinski definition) is 0. The molecular formula is C22H21NO3S. The predicted molar refractivity (Wildman–Crippen MR) is 107 cm³/mol. The maximum Gasteiger partial charge on any atom is 0.195 e. The molecule has 0 saturated heterocycles. The zero-order valence-corrected chi connectivity index (χ0v) is 15.9. The Bertz CT molecular complexity index is 869. The first kappa shape index (κ1) is 19.0. The summed E-state index contributed by atoms with van der Waals surface area (Å²) in [7, 11) is 1.62. The number of aryl methyl sites for hydroxylation is 1. The molecule has 0 N–H and O–H groups in total. The SMILES string of the molecule is COc1cc(CCC(=O)Sc2ccccn2)ccc1OCc1ccccc1. The van der Waals surface area contributed by atoms with E-state index in [1.807, 2.05) is 66.7 Å². The van der Waals surface area contributed by atoms with Crippen LogP contribution in [0.2, 0.25) is 0 Å². The normalized spacial score (nSPS) is 10.4. The molecule has 0 unspecified atom stereocenters. The van der Waals surface area contributed by atoms with Crippen molar-refractivity contribution in [2.45, 2.75) is 24.5 Å². The summed E-state index contributed by atoms with van der Waals surface area (Å²) in [5.74, 6) is 1.37. The monoisotopic (exact) mass is 379 g/mol.